The van der Waals surface area contributed by atoms with Crippen LogP contribution < -0.4 is 5.32 Å². The lowest BCUT2D eigenvalue weighted by atomic mass is 9.99. The van der Waals surface area contributed by atoms with Crippen LogP contribution in [0.3, 0.4) is 0 Å². The van der Waals surface area contributed by atoms with E-state index in [1.54, 1.807) is 0 Å². The summed E-state index contributed by atoms with van der Waals surface area (Å²) in [5, 5.41) is 12.0. The number of para-hydroxylation sites is 1. The van der Waals surface area contributed by atoms with Crippen molar-refractivity contribution >= 4 is 0 Å². The number of aromatic nitrogens is 3. The first-order valence-corrected chi connectivity index (χ1v) is 7.09. The Hall–Kier alpha value is -1.68. The van der Waals surface area contributed by atoms with Crippen LogP contribution in [0.25, 0.3) is 5.69 Å². The van der Waals surface area contributed by atoms with E-state index in [4.69, 9.17) is 0 Å². The van der Waals surface area contributed by atoms with Crippen molar-refractivity contribution in [1.29, 1.82) is 0 Å². The quantitative estimate of drug-likeness (QED) is 0.914. The minimum absolute atomic E-state index is 0.523. The fourth-order valence-electron chi connectivity index (χ4n) is 3.09. The van der Waals surface area contributed by atoms with Gasteiger partial charge in [0.2, 0.25) is 0 Å². The summed E-state index contributed by atoms with van der Waals surface area (Å²) in [6, 6.07) is 10.8. The second-order valence-electron chi connectivity index (χ2n) is 5.11. The minimum atomic E-state index is 0.523. The number of hydrogen-bond acceptors (Lipinski definition) is 3. The van der Waals surface area contributed by atoms with Crippen molar-refractivity contribution in [2.75, 3.05) is 6.54 Å². The van der Waals surface area contributed by atoms with Crippen LogP contribution in [-0.4, -0.2) is 27.6 Å². The van der Waals surface area contributed by atoms with Gasteiger partial charge in [-0.15, -0.1) is 5.10 Å². The molecule has 1 aromatic heterocycles. The predicted molar refractivity (Wildman–Crippen MR) is 75.4 cm³/mol. The maximum atomic E-state index is 4.26. The molecule has 0 aliphatic heterocycles. The molecule has 0 saturated heterocycles. The number of hydrogen-bond donors (Lipinski definition) is 1. The molecule has 1 fully saturated rings. The van der Waals surface area contributed by atoms with Gasteiger partial charge in [0.05, 0.1) is 17.6 Å². The lowest BCUT2D eigenvalue weighted by molar-refractivity contribution is 0.478. The standard InChI is InChI=1S/C15H20N4/c1-2-16-14-10-6-9-13(14)15-11-17-18-19(15)12-7-4-3-5-8-12/h3-5,7-8,11,13-14,16H,2,6,9-10H2,1H3. The van der Waals surface area contributed by atoms with Crippen molar-refractivity contribution < 1.29 is 0 Å². The average molecular weight is 256 g/mol. The van der Waals surface area contributed by atoms with Gasteiger partial charge in [-0.05, 0) is 31.5 Å². The Labute approximate surface area is 113 Å². The van der Waals surface area contributed by atoms with Crippen LogP contribution in [0.5, 0.6) is 0 Å². The Kier molecular flexibility index (Phi) is 3.60. The molecule has 19 heavy (non-hydrogen) atoms. The highest BCUT2D eigenvalue weighted by Crippen LogP contribution is 2.34. The van der Waals surface area contributed by atoms with E-state index in [9.17, 15) is 0 Å². The molecule has 1 aromatic carbocycles. The molecule has 2 unspecified atom stereocenters. The fourth-order valence-corrected chi connectivity index (χ4v) is 3.09. The second kappa shape index (κ2) is 5.53. The third-order valence-corrected chi connectivity index (χ3v) is 3.94. The van der Waals surface area contributed by atoms with E-state index in [2.05, 4.69) is 34.7 Å². The van der Waals surface area contributed by atoms with Crippen LogP contribution >= 0.6 is 0 Å². The number of nitrogens with zero attached hydrogens (tertiary/aromatic N) is 3. The van der Waals surface area contributed by atoms with Gasteiger partial charge in [-0.25, -0.2) is 4.68 Å². The maximum absolute atomic E-state index is 4.26. The molecule has 4 heteroatoms. The molecular weight excluding hydrogens is 236 g/mol. The highest BCUT2D eigenvalue weighted by Gasteiger charge is 2.30. The van der Waals surface area contributed by atoms with Gasteiger partial charge >= 0.3 is 0 Å². The summed E-state index contributed by atoms with van der Waals surface area (Å²) in [4.78, 5) is 0. The predicted octanol–water partition coefficient (Wildman–Crippen LogP) is 2.51. The normalized spacial score (nSPS) is 22.8. The molecule has 2 atom stereocenters. The Morgan fingerprint density at radius 3 is 2.89 bits per heavy atom. The smallest absolute Gasteiger partial charge is 0.0733 e. The van der Waals surface area contributed by atoms with Gasteiger partial charge < -0.3 is 5.32 Å². The van der Waals surface area contributed by atoms with Crippen molar-refractivity contribution in [3.8, 4) is 5.69 Å². The zero-order valence-corrected chi connectivity index (χ0v) is 11.3. The highest BCUT2D eigenvalue weighted by molar-refractivity contribution is 5.33. The van der Waals surface area contributed by atoms with Gasteiger partial charge in [0.25, 0.3) is 0 Å². The first-order chi connectivity index (χ1) is 9.40. The summed E-state index contributed by atoms with van der Waals surface area (Å²) in [7, 11) is 0. The van der Waals surface area contributed by atoms with Gasteiger partial charge in [-0.3, -0.25) is 0 Å². The molecule has 0 amide bonds. The Bertz CT molecular complexity index is 520. The molecule has 0 radical (unpaired) electrons. The fraction of sp³-hybridized carbons (Fsp3) is 0.467. The van der Waals surface area contributed by atoms with Crippen molar-refractivity contribution in [1.82, 2.24) is 20.3 Å². The Morgan fingerprint density at radius 1 is 1.26 bits per heavy atom. The third-order valence-electron chi connectivity index (χ3n) is 3.94. The van der Waals surface area contributed by atoms with E-state index in [1.807, 2.05) is 29.1 Å². The maximum Gasteiger partial charge on any atom is 0.0733 e. The van der Waals surface area contributed by atoms with E-state index in [1.165, 1.54) is 25.0 Å². The number of benzene rings is 1. The molecule has 4 nitrogen and oxygen atoms in total. The molecule has 100 valence electrons. The van der Waals surface area contributed by atoms with E-state index < -0.39 is 0 Å². The molecule has 0 spiro atoms. The lowest BCUT2D eigenvalue weighted by Gasteiger charge is -2.20. The molecule has 2 aromatic rings. The summed E-state index contributed by atoms with van der Waals surface area (Å²) in [6.45, 7) is 3.19. The molecule has 1 N–H and O–H groups in total. The minimum Gasteiger partial charge on any atom is -0.314 e. The molecule has 1 aliphatic carbocycles. The average Bonchev–Trinajstić information content (AvgIpc) is 3.08. The monoisotopic (exact) mass is 256 g/mol. The number of nitrogens with one attached hydrogen (secondary N) is 1. The molecule has 1 heterocycles. The lowest BCUT2D eigenvalue weighted by Crippen LogP contribution is -2.31. The van der Waals surface area contributed by atoms with Crippen LogP contribution in [0, 0.1) is 0 Å². The van der Waals surface area contributed by atoms with Gasteiger partial charge in [0.1, 0.15) is 0 Å². The second-order valence-corrected chi connectivity index (χ2v) is 5.11. The van der Waals surface area contributed by atoms with Crippen LogP contribution in [0.4, 0.5) is 0 Å². The molecule has 0 bridgehead atoms. The zero-order chi connectivity index (χ0) is 13.1. The largest absolute Gasteiger partial charge is 0.314 e. The van der Waals surface area contributed by atoms with Gasteiger partial charge in [0.15, 0.2) is 0 Å². The van der Waals surface area contributed by atoms with Crippen molar-refractivity contribution in [3.63, 3.8) is 0 Å². The number of rotatable bonds is 4. The van der Waals surface area contributed by atoms with E-state index >= 15 is 0 Å². The van der Waals surface area contributed by atoms with Crippen LogP contribution in [-0.2, 0) is 0 Å². The van der Waals surface area contributed by atoms with E-state index in [0.717, 1.165) is 12.2 Å². The summed E-state index contributed by atoms with van der Waals surface area (Å²) >= 11 is 0. The Morgan fingerprint density at radius 2 is 2.11 bits per heavy atom. The van der Waals surface area contributed by atoms with E-state index in [-0.39, 0.29) is 0 Å². The Balaban J connectivity index is 1.92. The van der Waals surface area contributed by atoms with Gasteiger partial charge in [-0.2, -0.15) is 0 Å². The van der Waals surface area contributed by atoms with Crippen LogP contribution in [0.2, 0.25) is 0 Å². The topological polar surface area (TPSA) is 42.7 Å². The third kappa shape index (κ3) is 2.40. The highest BCUT2D eigenvalue weighted by atomic mass is 15.4. The SMILES string of the molecule is CCNC1CCCC1c1cnnn1-c1ccccc1. The summed E-state index contributed by atoms with van der Waals surface area (Å²) in [5.41, 5.74) is 2.33. The first-order valence-electron chi connectivity index (χ1n) is 7.09. The van der Waals surface area contributed by atoms with Crippen molar-refractivity contribution in [3.05, 3.63) is 42.2 Å². The zero-order valence-electron chi connectivity index (χ0n) is 11.3. The molecule has 1 saturated carbocycles. The van der Waals surface area contributed by atoms with Gasteiger partial charge in [0, 0.05) is 12.0 Å². The molecular formula is C15H20N4. The molecule has 3 rings (SSSR count). The van der Waals surface area contributed by atoms with Crippen molar-refractivity contribution in [2.45, 2.75) is 38.1 Å². The van der Waals surface area contributed by atoms with Crippen LogP contribution in [0.1, 0.15) is 37.8 Å². The molecule has 1 aliphatic rings. The summed E-state index contributed by atoms with van der Waals surface area (Å²) < 4.78 is 1.99. The first kappa shape index (κ1) is 12.4. The summed E-state index contributed by atoms with van der Waals surface area (Å²) in [6.07, 6.45) is 5.67. The van der Waals surface area contributed by atoms with Crippen LogP contribution in [0.15, 0.2) is 36.5 Å². The number of likely N-dealkylation sites (N-methyl/N-ethyl adjacent to an activating group) is 1. The van der Waals surface area contributed by atoms with Crippen molar-refractivity contribution in [2.24, 2.45) is 0 Å². The van der Waals surface area contributed by atoms with Gasteiger partial charge in [-0.1, -0.05) is 36.8 Å². The van der Waals surface area contributed by atoms with E-state index in [0.29, 0.717) is 12.0 Å². The summed E-state index contributed by atoms with van der Waals surface area (Å²) in [5.74, 6) is 0.523.